The number of nitrogens with one attached hydrogen (secondary N) is 1. The quantitative estimate of drug-likeness (QED) is 0.503. The van der Waals surface area contributed by atoms with E-state index in [-0.39, 0.29) is 0 Å². The molecule has 7 heteroatoms. The molecule has 1 aliphatic rings. The topological polar surface area (TPSA) is 66.2 Å². The summed E-state index contributed by atoms with van der Waals surface area (Å²) in [6, 6.07) is 7.58. The zero-order valence-electron chi connectivity index (χ0n) is 9.05. The monoisotopic (exact) mass is 326 g/mol. The molecular formula is C11H8BrClN4O. The fraction of sp³-hybridized carbons (Fsp3) is 0.0909. The average molecular weight is 328 g/mol. The van der Waals surface area contributed by atoms with Crippen molar-refractivity contribution in [1.29, 1.82) is 0 Å². The van der Waals surface area contributed by atoms with E-state index in [1.165, 1.54) is 6.21 Å². The highest BCUT2D eigenvalue weighted by molar-refractivity contribution is 9.10. The van der Waals surface area contributed by atoms with E-state index in [9.17, 15) is 4.79 Å². The van der Waals surface area contributed by atoms with E-state index in [0.29, 0.717) is 5.71 Å². The molecule has 0 spiro atoms. The highest BCUT2D eigenvalue weighted by Crippen LogP contribution is 2.10. The van der Waals surface area contributed by atoms with E-state index in [1.54, 1.807) is 6.21 Å². The molecule has 92 valence electrons. The number of carbonyl (C=O) groups excluding carboxylic acids is 1. The van der Waals surface area contributed by atoms with Gasteiger partial charge in [0, 0.05) is 4.47 Å². The third-order valence-electron chi connectivity index (χ3n) is 2.09. The van der Waals surface area contributed by atoms with Crippen molar-refractivity contribution in [2.45, 2.75) is 5.38 Å². The maximum atomic E-state index is 11.2. The highest BCUT2D eigenvalue weighted by atomic mass is 79.9. The summed E-state index contributed by atoms with van der Waals surface area (Å²) in [4.78, 5) is 11.2. The van der Waals surface area contributed by atoms with Crippen LogP contribution in [0.2, 0.25) is 0 Å². The van der Waals surface area contributed by atoms with Gasteiger partial charge < -0.3 is 0 Å². The number of alkyl halides is 1. The van der Waals surface area contributed by atoms with Crippen LogP contribution in [-0.2, 0) is 4.79 Å². The fourth-order valence-electron chi connectivity index (χ4n) is 1.24. The molecule has 5 nitrogen and oxygen atoms in total. The SMILES string of the molecule is O=C1NN=C/C(=N/N=C\c2cccc(Br)c2)C1Cl. The van der Waals surface area contributed by atoms with E-state index in [4.69, 9.17) is 11.6 Å². The third-order valence-corrected chi connectivity index (χ3v) is 3.01. The van der Waals surface area contributed by atoms with Gasteiger partial charge >= 0.3 is 0 Å². The Bertz CT molecular complexity index is 556. The second-order valence-corrected chi connectivity index (χ2v) is 4.77. The fourth-order valence-corrected chi connectivity index (χ4v) is 1.81. The lowest BCUT2D eigenvalue weighted by molar-refractivity contribution is -0.119. The van der Waals surface area contributed by atoms with E-state index in [2.05, 4.69) is 36.7 Å². The second kappa shape index (κ2) is 5.88. The van der Waals surface area contributed by atoms with Gasteiger partial charge in [0.25, 0.3) is 5.91 Å². The van der Waals surface area contributed by atoms with Crippen LogP contribution in [0, 0.1) is 0 Å². The van der Waals surface area contributed by atoms with Crippen molar-refractivity contribution in [3.05, 3.63) is 34.3 Å². The van der Waals surface area contributed by atoms with Gasteiger partial charge in [0.1, 0.15) is 5.71 Å². The Morgan fingerprint density at radius 2 is 2.33 bits per heavy atom. The lowest BCUT2D eigenvalue weighted by Crippen LogP contribution is -2.38. The molecule has 1 N–H and O–H groups in total. The number of hydrogen-bond acceptors (Lipinski definition) is 4. The number of halogens is 2. The molecule has 0 aliphatic carbocycles. The van der Waals surface area contributed by atoms with Crippen LogP contribution in [0.15, 0.2) is 44.0 Å². The molecule has 0 saturated carbocycles. The van der Waals surface area contributed by atoms with Gasteiger partial charge in [-0.25, -0.2) is 5.43 Å². The van der Waals surface area contributed by atoms with Crippen molar-refractivity contribution in [3.8, 4) is 0 Å². The number of rotatable bonds is 2. The van der Waals surface area contributed by atoms with Gasteiger partial charge in [-0.15, -0.1) is 11.6 Å². The predicted octanol–water partition coefficient (Wildman–Crippen LogP) is 1.95. The summed E-state index contributed by atoms with van der Waals surface area (Å²) in [6.07, 6.45) is 2.94. The van der Waals surface area contributed by atoms with Gasteiger partial charge in [-0.2, -0.15) is 15.3 Å². The van der Waals surface area contributed by atoms with Gasteiger partial charge in [0.2, 0.25) is 0 Å². The summed E-state index contributed by atoms with van der Waals surface area (Å²) >= 11 is 9.18. The van der Waals surface area contributed by atoms with E-state index in [1.807, 2.05) is 24.3 Å². The molecule has 0 saturated heterocycles. The number of hydrazone groups is 1. The molecule has 1 aromatic carbocycles. The third kappa shape index (κ3) is 3.24. The minimum Gasteiger partial charge on any atom is -0.271 e. The molecule has 1 aromatic rings. The van der Waals surface area contributed by atoms with E-state index in [0.717, 1.165) is 10.0 Å². The van der Waals surface area contributed by atoms with Crippen LogP contribution >= 0.6 is 27.5 Å². The zero-order chi connectivity index (χ0) is 13.0. The normalized spacial score (nSPS) is 21.6. The second-order valence-electron chi connectivity index (χ2n) is 3.42. The minimum atomic E-state index is -0.859. The zero-order valence-corrected chi connectivity index (χ0v) is 11.4. The van der Waals surface area contributed by atoms with Crippen LogP contribution in [0.3, 0.4) is 0 Å². The Morgan fingerprint density at radius 3 is 3.11 bits per heavy atom. The maximum absolute atomic E-state index is 11.2. The smallest absolute Gasteiger partial charge is 0.264 e. The molecule has 0 aromatic heterocycles. The van der Waals surface area contributed by atoms with Crippen molar-refractivity contribution < 1.29 is 4.79 Å². The summed E-state index contributed by atoms with van der Waals surface area (Å²) in [5.74, 6) is -0.407. The van der Waals surface area contributed by atoms with Crippen molar-refractivity contribution in [2.24, 2.45) is 15.3 Å². The molecular weight excluding hydrogens is 320 g/mol. The van der Waals surface area contributed by atoms with Crippen molar-refractivity contribution >= 4 is 51.6 Å². The first-order valence-electron chi connectivity index (χ1n) is 5.00. The first-order chi connectivity index (χ1) is 8.66. The molecule has 1 atom stereocenters. The molecule has 18 heavy (non-hydrogen) atoms. The van der Waals surface area contributed by atoms with Crippen LogP contribution in [0.5, 0.6) is 0 Å². The molecule has 1 unspecified atom stereocenters. The predicted molar refractivity (Wildman–Crippen MR) is 75.4 cm³/mol. The Labute approximate surface area is 117 Å². The van der Waals surface area contributed by atoms with E-state index < -0.39 is 11.3 Å². The molecule has 1 aliphatic heterocycles. The summed E-state index contributed by atoms with van der Waals surface area (Å²) in [6.45, 7) is 0. The number of amides is 1. The Hall–Kier alpha value is -1.53. The molecule has 2 rings (SSSR count). The molecule has 1 amide bonds. The maximum Gasteiger partial charge on any atom is 0.264 e. The van der Waals surface area contributed by atoms with Gasteiger partial charge in [-0.1, -0.05) is 28.1 Å². The highest BCUT2D eigenvalue weighted by Gasteiger charge is 2.23. The Kier molecular flexibility index (Phi) is 4.22. The molecule has 1 heterocycles. The van der Waals surface area contributed by atoms with Crippen molar-refractivity contribution in [1.82, 2.24) is 5.43 Å². The summed E-state index contributed by atoms with van der Waals surface area (Å²) in [5.41, 5.74) is 3.43. The largest absolute Gasteiger partial charge is 0.271 e. The Morgan fingerprint density at radius 1 is 1.50 bits per heavy atom. The van der Waals surface area contributed by atoms with Crippen LogP contribution in [0.4, 0.5) is 0 Å². The minimum absolute atomic E-state index is 0.312. The number of benzene rings is 1. The molecule has 0 radical (unpaired) electrons. The summed E-state index contributed by atoms with van der Waals surface area (Å²) < 4.78 is 0.952. The van der Waals surface area contributed by atoms with Crippen LogP contribution in [0.1, 0.15) is 5.56 Å². The van der Waals surface area contributed by atoms with Gasteiger partial charge in [0.15, 0.2) is 5.38 Å². The van der Waals surface area contributed by atoms with Gasteiger partial charge in [0.05, 0.1) is 12.4 Å². The van der Waals surface area contributed by atoms with Crippen molar-refractivity contribution in [3.63, 3.8) is 0 Å². The van der Waals surface area contributed by atoms with Crippen LogP contribution < -0.4 is 5.43 Å². The van der Waals surface area contributed by atoms with Crippen molar-refractivity contribution in [2.75, 3.05) is 0 Å². The van der Waals surface area contributed by atoms with E-state index >= 15 is 0 Å². The van der Waals surface area contributed by atoms with Gasteiger partial charge in [-0.3, -0.25) is 4.79 Å². The average Bonchev–Trinajstić information content (AvgIpc) is 2.35. The van der Waals surface area contributed by atoms with Gasteiger partial charge in [-0.05, 0) is 17.7 Å². The first kappa shape index (κ1) is 12.9. The lowest BCUT2D eigenvalue weighted by atomic mass is 10.2. The molecule has 0 bridgehead atoms. The summed E-state index contributed by atoms with van der Waals surface area (Å²) in [7, 11) is 0. The lowest BCUT2D eigenvalue weighted by Gasteiger charge is -2.10. The van der Waals surface area contributed by atoms with Crippen LogP contribution in [0.25, 0.3) is 0 Å². The number of hydrogen-bond donors (Lipinski definition) is 1. The molecule has 0 fully saturated rings. The Balaban J connectivity index is 2.13. The first-order valence-corrected chi connectivity index (χ1v) is 6.23. The van der Waals surface area contributed by atoms with Crippen LogP contribution in [-0.4, -0.2) is 29.4 Å². The number of carbonyl (C=O) groups is 1. The standard InChI is InChI=1S/C11H8BrClN4O/c12-8-3-1-2-7(4-8)5-14-16-9-6-15-17-11(18)10(9)13/h1-6,10H,(H,17,18)/b14-5-,16-9-. The number of nitrogens with zero attached hydrogens (tertiary/aromatic N) is 3. The summed E-state index contributed by atoms with van der Waals surface area (Å²) in [5, 5.41) is 10.5.